The molecule has 1 atom stereocenters. The van der Waals surface area contributed by atoms with Crippen molar-refractivity contribution in [1.82, 2.24) is 10.6 Å². The van der Waals surface area contributed by atoms with Crippen molar-refractivity contribution in [1.29, 1.82) is 0 Å². The first-order valence-electron chi connectivity index (χ1n) is 6.55. The number of nitrogens with one attached hydrogen (secondary N) is 2. The van der Waals surface area contributed by atoms with Gasteiger partial charge in [-0.15, -0.1) is 0 Å². The summed E-state index contributed by atoms with van der Waals surface area (Å²) in [4.78, 5) is 23.1. The molecule has 1 aliphatic rings. The molecule has 1 saturated heterocycles. The molecule has 0 bridgehead atoms. The first-order valence-corrected chi connectivity index (χ1v) is 6.55. The minimum Gasteiger partial charge on any atom is -0.466 e. The average molecular weight is 274 g/mol. The van der Waals surface area contributed by atoms with E-state index >= 15 is 0 Å². The molecule has 1 unspecified atom stereocenters. The number of methoxy groups -OCH3 is 1. The molecule has 1 heterocycles. The molecule has 106 valence electrons. The van der Waals surface area contributed by atoms with E-state index in [0.717, 1.165) is 11.3 Å². The van der Waals surface area contributed by atoms with Crippen molar-refractivity contribution in [2.24, 2.45) is 0 Å². The van der Waals surface area contributed by atoms with Crippen molar-refractivity contribution < 1.29 is 14.3 Å². The number of amides is 1. The Morgan fingerprint density at radius 1 is 1.40 bits per heavy atom. The van der Waals surface area contributed by atoms with Crippen LogP contribution in [0, 0.1) is 0 Å². The molecular weight excluding hydrogens is 256 g/mol. The molecule has 0 radical (unpaired) electrons. The molecule has 1 aromatic rings. The molecule has 1 aromatic carbocycles. The maximum absolute atomic E-state index is 12.0. The molecule has 0 saturated carbocycles. The van der Waals surface area contributed by atoms with Gasteiger partial charge in [0.1, 0.15) is 6.04 Å². The van der Waals surface area contributed by atoms with Crippen LogP contribution < -0.4 is 10.6 Å². The van der Waals surface area contributed by atoms with Crippen LogP contribution >= 0.6 is 0 Å². The normalized spacial score (nSPS) is 19.4. The van der Waals surface area contributed by atoms with Gasteiger partial charge in [0.2, 0.25) is 5.91 Å². The number of esters is 1. The molecule has 1 amide bonds. The third kappa shape index (κ3) is 3.85. The van der Waals surface area contributed by atoms with E-state index in [1.807, 2.05) is 30.3 Å². The topological polar surface area (TPSA) is 67.4 Å². The van der Waals surface area contributed by atoms with E-state index in [2.05, 4.69) is 15.4 Å². The van der Waals surface area contributed by atoms with E-state index in [-0.39, 0.29) is 11.9 Å². The summed E-state index contributed by atoms with van der Waals surface area (Å²) in [6.07, 6.45) is 2.76. The Labute approximate surface area is 118 Å². The predicted octanol–water partition coefficient (Wildman–Crippen LogP) is 1.11. The molecule has 5 nitrogen and oxygen atoms in total. The summed E-state index contributed by atoms with van der Waals surface area (Å²) >= 11 is 0. The molecule has 20 heavy (non-hydrogen) atoms. The van der Waals surface area contributed by atoms with Crippen LogP contribution in [0.25, 0.3) is 0 Å². The quantitative estimate of drug-likeness (QED) is 0.637. The van der Waals surface area contributed by atoms with Gasteiger partial charge in [0.05, 0.1) is 7.11 Å². The molecular formula is C15H18N2O3. The molecule has 0 aliphatic carbocycles. The Morgan fingerprint density at radius 3 is 2.85 bits per heavy atom. The Bertz CT molecular complexity index is 511. The number of hydrogen-bond acceptors (Lipinski definition) is 4. The van der Waals surface area contributed by atoms with Gasteiger partial charge in [-0.1, -0.05) is 30.3 Å². The van der Waals surface area contributed by atoms with Gasteiger partial charge in [-0.2, -0.15) is 0 Å². The van der Waals surface area contributed by atoms with Crippen molar-refractivity contribution >= 4 is 11.9 Å². The largest absolute Gasteiger partial charge is 0.466 e. The fourth-order valence-electron chi connectivity index (χ4n) is 2.09. The van der Waals surface area contributed by atoms with E-state index in [1.165, 1.54) is 13.2 Å². The summed E-state index contributed by atoms with van der Waals surface area (Å²) in [5.74, 6) is -0.458. The molecule has 1 aliphatic heterocycles. The molecule has 0 aromatic heterocycles. The lowest BCUT2D eigenvalue weighted by molar-refractivity contribution is -0.135. The molecule has 2 N–H and O–H groups in total. The standard InChI is InChI=1S/C15H18N2O3/c1-20-14(18)9-12-7-8-13(17-12)15(19)16-10-11-5-3-2-4-6-11/h2-6,9,13,17H,7-8,10H2,1H3,(H,16,19)/b12-9+. The smallest absolute Gasteiger partial charge is 0.332 e. The zero-order valence-corrected chi connectivity index (χ0v) is 11.4. The first-order chi connectivity index (χ1) is 9.69. The van der Waals surface area contributed by atoms with Gasteiger partial charge in [-0.25, -0.2) is 4.79 Å². The Morgan fingerprint density at radius 2 is 2.15 bits per heavy atom. The highest BCUT2D eigenvalue weighted by Gasteiger charge is 2.25. The summed E-state index contributed by atoms with van der Waals surface area (Å²) in [6.45, 7) is 0.508. The summed E-state index contributed by atoms with van der Waals surface area (Å²) in [7, 11) is 1.33. The number of rotatable bonds is 4. The van der Waals surface area contributed by atoms with E-state index in [0.29, 0.717) is 19.4 Å². The summed E-state index contributed by atoms with van der Waals surface area (Å²) in [6, 6.07) is 9.46. The summed E-state index contributed by atoms with van der Waals surface area (Å²) < 4.78 is 4.56. The minimum atomic E-state index is -0.405. The number of hydrogen-bond donors (Lipinski definition) is 2. The van der Waals surface area contributed by atoms with Gasteiger partial charge >= 0.3 is 5.97 Å². The van der Waals surface area contributed by atoms with Gasteiger partial charge < -0.3 is 15.4 Å². The monoisotopic (exact) mass is 274 g/mol. The highest BCUT2D eigenvalue weighted by molar-refractivity contribution is 5.85. The lowest BCUT2D eigenvalue weighted by Crippen LogP contribution is -2.39. The van der Waals surface area contributed by atoms with Gasteiger partial charge in [0.15, 0.2) is 0 Å². The number of carbonyl (C=O) groups is 2. The maximum Gasteiger partial charge on any atom is 0.332 e. The number of benzene rings is 1. The van der Waals surface area contributed by atoms with Gasteiger partial charge in [0, 0.05) is 18.3 Å². The lowest BCUT2D eigenvalue weighted by Gasteiger charge is -2.12. The summed E-state index contributed by atoms with van der Waals surface area (Å²) in [5, 5.41) is 5.92. The second kappa shape index (κ2) is 6.75. The third-order valence-corrected chi connectivity index (χ3v) is 3.18. The van der Waals surface area contributed by atoms with E-state index < -0.39 is 5.97 Å². The van der Waals surface area contributed by atoms with Crippen LogP contribution in [0.4, 0.5) is 0 Å². The van der Waals surface area contributed by atoms with E-state index in [1.54, 1.807) is 0 Å². The van der Waals surface area contributed by atoms with Gasteiger partial charge in [-0.05, 0) is 18.4 Å². The van der Waals surface area contributed by atoms with Crippen molar-refractivity contribution in [2.45, 2.75) is 25.4 Å². The van der Waals surface area contributed by atoms with Gasteiger partial charge in [0.25, 0.3) is 0 Å². The van der Waals surface area contributed by atoms with Crippen LogP contribution in [0.15, 0.2) is 42.1 Å². The van der Waals surface area contributed by atoms with Crippen LogP contribution in [-0.2, 0) is 20.9 Å². The molecule has 0 spiro atoms. The third-order valence-electron chi connectivity index (χ3n) is 3.18. The fourth-order valence-corrected chi connectivity index (χ4v) is 2.09. The predicted molar refractivity (Wildman–Crippen MR) is 74.5 cm³/mol. The zero-order valence-electron chi connectivity index (χ0n) is 11.4. The van der Waals surface area contributed by atoms with Crippen molar-refractivity contribution in [3.63, 3.8) is 0 Å². The lowest BCUT2D eigenvalue weighted by atomic mass is 10.2. The number of allylic oxidation sites excluding steroid dienone is 1. The number of carbonyl (C=O) groups excluding carboxylic acids is 2. The first kappa shape index (κ1) is 14.1. The molecule has 5 heteroatoms. The van der Waals surface area contributed by atoms with E-state index in [4.69, 9.17) is 0 Å². The van der Waals surface area contributed by atoms with Crippen molar-refractivity contribution in [3.05, 3.63) is 47.7 Å². The molecule has 2 rings (SSSR count). The van der Waals surface area contributed by atoms with Crippen LogP contribution in [-0.4, -0.2) is 25.0 Å². The highest BCUT2D eigenvalue weighted by atomic mass is 16.5. The SMILES string of the molecule is COC(=O)/C=C1\CCC(C(=O)NCc2ccccc2)N1. The number of ether oxygens (including phenoxy) is 1. The van der Waals surface area contributed by atoms with Crippen LogP contribution in [0.5, 0.6) is 0 Å². The minimum absolute atomic E-state index is 0.0536. The average Bonchev–Trinajstić information content (AvgIpc) is 2.94. The Hall–Kier alpha value is -2.30. The fraction of sp³-hybridized carbons (Fsp3) is 0.333. The molecule has 1 fully saturated rings. The van der Waals surface area contributed by atoms with Crippen LogP contribution in [0.1, 0.15) is 18.4 Å². The second-order valence-electron chi connectivity index (χ2n) is 4.63. The van der Waals surface area contributed by atoms with Crippen LogP contribution in [0.3, 0.4) is 0 Å². The van der Waals surface area contributed by atoms with Crippen LogP contribution in [0.2, 0.25) is 0 Å². The maximum atomic E-state index is 12.0. The summed E-state index contributed by atoms with van der Waals surface area (Å²) in [5.41, 5.74) is 1.81. The second-order valence-corrected chi connectivity index (χ2v) is 4.63. The van der Waals surface area contributed by atoms with Crippen molar-refractivity contribution in [2.75, 3.05) is 7.11 Å². The van der Waals surface area contributed by atoms with Gasteiger partial charge in [-0.3, -0.25) is 4.79 Å². The zero-order chi connectivity index (χ0) is 14.4. The van der Waals surface area contributed by atoms with E-state index in [9.17, 15) is 9.59 Å². The van der Waals surface area contributed by atoms with Crippen molar-refractivity contribution in [3.8, 4) is 0 Å². The Balaban J connectivity index is 1.83. The highest BCUT2D eigenvalue weighted by Crippen LogP contribution is 2.15. The Kier molecular flexibility index (Phi) is 4.76.